The topological polar surface area (TPSA) is 43.4 Å². The number of hydrogen-bond donors (Lipinski definition) is 0. The predicted octanol–water partition coefficient (Wildman–Crippen LogP) is 3.73. The van der Waals surface area contributed by atoms with Crippen LogP contribution in [0.2, 0.25) is 0 Å². The molecule has 20 heavy (non-hydrogen) atoms. The summed E-state index contributed by atoms with van der Waals surface area (Å²) >= 11 is 0. The van der Waals surface area contributed by atoms with E-state index in [4.69, 9.17) is 4.74 Å². The molecule has 0 aliphatic heterocycles. The molecule has 2 rings (SSSR count). The summed E-state index contributed by atoms with van der Waals surface area (Å²) in [4.78, 5) is 23.5. The summed E-state index contributed by atoms with van der Waals surface area (Å²) in [5.74, 6) is 0.0444. The van der Waals surface area contributed by atoms with Crippen LogP contribution < -0.4 is 4.74 Å². The van der Waals surface area contributed by atoms with E-state index >= 15 is 0 Å². The van der Waals surface area contributed by atoms with Crippen molar-refractivity contribution in [2.75, 3.05) is 0 Å². The van der Waals surface area contributed by atoms with E-state index in [0.717, 1.165) is 11.1 Å². The van der Waals surface area contributed by atoms with Crippen molar-refractivity contribution in [1.29, 1.82) is 0 Å². The van der Waals surface area contributed by atoms with Crippen LogP contribution in [-0.4, -0.2) is 11.8 Å². The number of ketones is 1. The fourth-order valence-electron chi connectivity index (χ4n) is 1.98. The molecular formula is C17H16O3. The first kappa shape index (κ1) is 14.0. The van der Waals surface area contributed by atoms with Gasteiger partial charge in [-0.1, -0.05) is 30.3 Å². The van der Waals surface area contributed by atoms with Gasteiger partial charge in [0.2, 0.25) is 0 Å². The molecule has 0 aliphatic rings. The number of carbonyl (C=O) groups excluding carboxylic acids is 2. The molecule has 2 aromatic carbocycles. The molecule has 0 N–H and O–H groups in total. The number of esters is 1. The predicted molar refractivity (Wildman–Crippen MR) is 77.3 cm³/mol. The van der Waals surface area contributed by atoms with Gasteiger partial charge in [0, 0.05) is 5.56 Å². The number of benzene rings is 2. The third-order valence-corrected chi connectivity index (χ3v) is 3.11. The van der Waals surface area contributed by atoms with Crippen molar-refractivity contribution in [3.05, 3.63) is 64.7 Å². The first-order valence-corrected chi connectivity index (χ1v) is 6.38. The Balaban J connectivity index is 2.29. The maximum atomic E-state index is 12.2. The fraction of sp³-hybridized carbons (Fsp3) is 0.176. The summed E-state index contributed by atoms with van der Waals surface area (Å²) in [5.41, 5.74) is 2.68. The van der Waals surface area contributed by atoms with Crippen molar-refractivity contribution in [2.24, 2.45) is 0 Å². The summed E-state index contributed by atoms with van der Waals surface area (Å²) < 4.78 is 5.45. The molecule has 0 saturated heterocycles. The van der Waals surface area contributed by atoms with E-state index in [1.54, 1.807) is 24.3 Å². The summed E-state index contributed by atoms with van der Waals surface area (Å²) in [6, 6.07) is 12.2. The molecule has 3 heteroatoms. The Morgan fingerprint density at radius 2 is 1.45 bits per heavy atom. The lowest BCUT2D eigenvalue weighted by Gasteiger charge is -2.10. The van der Waals surface area contributed by atoms with Gasteiger partial charge in [-0.25, -0.2) is 4.79 Å². The molecular weight excluding hydrogens is 252 g/mol. The van der Waals surface area contributed by atoms with Crippen LogP contribution in [0.5, 0.6) is 5.75 Å². The zero-order valence-electron chi connectivity index (χ0n) is 11.8. The van der Waals surface area contributed by atoms with Crippen LogP contribution in [0.25, 0.3) is 0 Å². The van der Waals surface area contributed by atoms with Crippen LogP contribution in [0, 0.1) is 13.8 Å². The second kappa shape index (κ2) is 5.70. The van der Waals surface area contributed by atoms with Gasteiger partial charge in [0.25, 0.3) is 0 Å². The highest BCUT2D eigenvalue weighted by Gasteiger charge is 2.13. The molecule has 0 amide bonds. The lowest BCUT2D eigenvalue weighted by atomic mass is 10.1. The van der Waals surface area contributed by atoms with Crippen LogP contribution in [-0.2, 0) is 0 Å². The SMILES string of the molecule is CC(=O)c1cccc(C(=O)Oc2c(C)cccc2C)c1. The Hall–Kier alpha value is -2.42. The quantitative estimate of drug-likeness (QED) is 0.484. The van der Waals surface area contributed by atoms with Crippen molar-refractivity contribution in [3.63, 3.8) is 0 Å². The molecule has 0 unspecified atom stereocenters. The number of carbonyl (C=O) groups is 2. The van der Waals surface area contributed by atoms with E-state index in [1.807, 2.05) is 32.0 Å². The minimum Gasteiger partial charge on any atom is -0.422 e. The van der Waals surface area contributed by atoms with Crippen molar-refractivity contribution in [3.8, 4) is 5.75 Å². The summed E-state index contributed by atoms with van der Waals surface area (Å²) in [6.45, 7) is 5.25. The van der Waals surface area contributed by atoms with E-state index in [-0.39, 0.29) is 5.78 Å². The molecule has 0 fully saturated rings. The molecule has 0 heterocycles. The second-order valence-corrected chi connectivity index (χ2v) is 4.75. The van der Waals surface area contributed by atoms with Crippen molar-refractivity contribution >= 4 is 11.8 Å². The maximum Gasteiger partial charge on any atom is 0.343 e. The number of aryl methyl sites for hydroxylation is 2. The second-order valence-electron chi connectivity index (χ2n) is 4.75. The molecule has 0 saturated carbocycles. The largest absolute Gasteiger partial charge is 0.422 e. The normalized spacial score (nSPS) is 10.2. The van der Waals surface area contributed by atoms with Gasteiger partial charge in [0.15, 0.2) is 5.78 Å². The highest BCUT2D eigenvalue weighted by Crippen LogP contribution is 2.23. The van der Waals surface area contributed by atoms with E-state index in [0.29, 0.717) is 16.9 Å². The molecule has 0 aromatic heterocycles. The van der Waals surface area contributed by atoms with E-state index in [1.165, 1.54) is 6.92 Å². The van der Waals surface area contributed by atoms with Gasteiger partial charge < -0.3 is 4.74 Å². The zero-order chi connectivity index (χ0) is 14.7. The van der Waals surface area contributed by atoms with E-state index in [9.17, 15) is 9.59 Å². The fourth-order valence-corrected chi connectivity index (χ4v) is 1.98. The smallest absolute Gasteiger partial charge is 0.343 e. The summed E-state index contributed by atoms with van der Waals surface area (Å²) in [6.07, 6.45) is 0. The number of ether oxygens (including phenoxy) is 1. The number of hydrogen-bond acceptors (Lipinski definition) is 3. The highest BCUT2D eigenvalue weighted by molar-refractivity contribution is 5.98. The van der Waals surface area contributed by atoms with E-state index in [2.05, 4.69) is 0 Å². The Kier molecular flexibility index (Phi) is 3.99. The van der Waals surface area contributed by atoms with E-state index < -0.39 is 5.97 Å². The molecule has 0 radical (unpaired) electrons. The molecule has 0 spiro atoms. The Morgan fingerprint density at radius 3 is 2.05 bits per heavy atom. The monoisotopic (exact) mass is 268 g/mol. The first-order chi connectivity index (χ1) is 9.49. The van der Waals surface area contributed by atoms with Crippen molar-refractivity contribution in [1.82, 2.24) is 0 Å². The molecule has 0 aliphatic carbocycles. The average Bonchev–Trinajstić information content (AvgIpc) is 2.43. The Bertz CT molecular complexity index is 651. The number of rotatable bonds is 3. The van der Waals surface area contributed by atoms with Crippen LogP contribution in [0.3, 0.4) is 0 Å². The average molecular weight is 268 g/mol. The third-order valence-electron chi connectivity index (χ3n) is 3.11. The number of para-hydroxylation sites is 1. The van der Waals surface area contributed by atoms with Gasteiger partial charge in [-0.05, 0) is 44.0 Å². The molecule has 0 bridgehead atoms. The molecule has 2 aromatic rings. The highest BCUT2D eigenvalue weighted by atomic mass is 16.5. The lowest BCUT2D eigenvalue weighted by molar-refractivity contribution is 0.0732. The minimum absolute atomic E-state index is 0.0771. The Morgan fingerprint density at radius 1 is 0.900 bits per heavy atom. The van der Waals surface area contributed by atoms with Crippen LogP contribution >= 0.6 is 0 Å². The van der Waals surface area contributed by atoms with Gasteiger partial charge in [0.1, 0.15) is 5.75 Å². The van der Waals surface area contributed by atoms with Gasteiger partial charge in [-0.3, -0.25) is 4.79 Å². The zero-order valence-corrected chi connectivity index (χ0v) is 11.8. The summed E-state index contributed by atoms with van der Waals surface area (Å²) in [5, 5.41) is 0. The van der Waals surface area contributed by atoms with Gasteiger partial charge in [-0.2, -0.15) is 0 Å². The first-order valence-electron chi connectivity index (χ1n) is 6.38. The maximum absolute atomic E-state index is 12.2. The van der Waals surface area contributed by atoms with Crippen molar-refractivity contribution in [2.45, 2.75) is 20.8 Å². The molecule has 3 nitrogen and oxygen atoms in total. The standard InChI is InChI=1S/C17H16O3/c1-11-6-4-7-12(2)16(11)20-17(19)15-9-5-8-14(10-15)13(3)18/h4-10H,1-3H3. The van der Waals surface area contributed by atoms with Gasteiger partial charge >= 0.3 is 5.97 Å². The van der Waals surface area contributed by atoms with Crippen LogP contribution in [0.1, 0.15) is 38.8 Å². The van der Waals surface area contributed by atoms with Crippen LogP contribution in [0.15, 0.2) is 42.5 Å². The minimum atomic E-state index is -0.453. The Labute approximate surface area is 118 Å². The molecule has 102 valence electrons. The van der Waals surface area contributed by atoms with Gasteiger partial charge in [0.05, 0.1) is 5.56 Å². The van der Waals surface area contributed by atoms with Crippen LogP contribution in [0.4, 0.5) is 0 Å². The lowest BCUT2D eigenvalue weighted by Crippen LogP contribution is -2.11. The summed E-state index contributed by atoms with van der Waals surface area (Å²) in [7, 11) is 0. The third kappa shape index (κ3) is 2.94. The molecule has 0 atom stereocenters. The van der Waals surface area contributed by atoms with Gasteiger partial charge in [-0.15, -0.1) is 0 Å². The van der Waals surface area contributed by atoms with Crippen molar-refractivity contribution < 1.29 is 14.3 Å². The number of Topliss-reactive ketones (excluding diaryl/α,β-unsaturated/α-hetero) is 1.